The minimum atomic E-state index is -1.18. The van der Waals surface area contributed by atoms with Gasteiger partial charge in [-0.25, -0.2) is 4.79 Å². The van der Waals surface area contributed by atoms with E-state index in [0.29, 0.717) is 6.54 Å². The second-order valence-electron chi connectivity index (χ2n) is 4.32. The number of furan rings is 1. The van der Waals surface area contributed by atoms with E-state index in [-0.39, 0.29) is 17.4 Å². The van der Waals surface area contributed by atoms with Gasteiger partial charge in [0.25, 0.3) is 5.91 Å². The molecule has 0 bridgehead atoms. The number of rotatable bonds is 5. The van der Waals surface area contributed by atoms with Crippen LogP contribution in [0.5, 0.6) is 0 Å². The molecule has 7 nitrogen and oxygen atoms in total. The Hall–Kier alpha value is -1.86. The minimum absolute atomic E-state index is 0.0257. The number of aromatic carboxylic acids is 1. The summed E-state index contributed by atoms with van der Waals surface area (Å²) in [6.45, 7) is 5.17. The summed E-state index contributed by atoms with van der Waals surface area (Å²) in [5, 5.41) is 14.7. The van der Waals surface area contributed by atoms with Crippen molar-refractivity contribution >= 4 is 11.9 Å². The first-order valence-corrected chi connectivity index (χ1v) is 6.21. The van der Waals surface area contributed by atoms with Crippen LogP contribution in [0.1, 0.15) is 21.1 Å². The van der Waals surface area contributed by atoms with E-state index in [0.717, 1.165) is 32.7 Å². The van der Waals surface area contributed by atoms with Gasteiger partial charge in [-0.15, -0.1) is 0 Å². The molecule has 0 aromatic carbocycles. The number of hydrogen-bond donors (Lipinski definition) is 3. The van der Waals surface area contributed by atoms with E-state index in [1.165, 1.54) is 12.1 Å². The fourth-order valence-electron chi connectivity index (χ4n) is 1.92. The first-order chi connectivity index (χ1) is 9.16. The van der Waals surface area contributed by atoms with Crippen LogP contribution in [0.15, 0.2) is 16.5 Å². The Morgan fingerprint density at radius 3 is 2.63 bits per heavy atom. The van der Waals surface area contributed by atoms with Gasteiger partial charge in [-0.1, -0.05) is 0 Å². The zero-order valence-electron chi connectivity index (χ0n) is 10.5. The minimum Gasteiger partial charge on any atom is -0.475 e. The number of piperazine rings is 1. The molecule has 0 saturated carbocycles. The van der Waals surface area contributed by atoms with Gasteiger partial charge in [0.05, 0.1) is 0 Å². The molecule has 2 rings (SSSR count). The average Bonchev–Trinajstić information content (AvgIpc) is 2.89. The van der Waals surface area contributed by atoms with Crippen LogP contribution in [0.25, 0.3) is 0 Å². The zero-order chi connectivity index (χ0) is 13.7. The molecular formula is C12H17N3O4. The van der Waals surface area contributed by atoms with Crippen molar-refractivity contribution < 1.29 is 19.1 Å². The van der Waals surface area contributed by atoms with E-state index in [9.17, 15) is 9.59 Å². The van der Waals surface area contributed by atoms with Crippen LogP contribution in [-0.2, 0) is 0 Å². The lowest BCUT2D eigenvalue weighted by Gasteiger charge is -2.26. The van der Waals surface area contributed by atoms with E-state index in [4.69, 9.17) is 9.52 Å². The first kappa shape index (κ1) is 13.6. The molecular weight excluding hydrogens is 250 g/mol. The molecule has 19 heavy (non-hydrogen) atoms. The van der Waals surface area contributed by atoms with Gasteiger partial charge in [0.1, 0.15) is 0 Å². The summed E-state index contributed by atoms with van der Waals surface area (Å²) in [5.41, 5.74) is 0. The fraction of sp³-hybridized carbons (Fsp3) is 0.500. The standard InChI is InChI=1S/C12H17N3O4/c16-11(9-1-2-10(19-9)12(17)18)14-5-8-15-6-3-13-4-7-15/h1-2,13H,3-8H2,(H,14,16)(H,17,18). The normalized spacial score (nSPS) is 16.2. The smallest absolute Gasteiger partial charge is 0.371 e. The molecule has 104 valence electrons. The summed E-state index contributed by atoms with van der Waals surface area (Å²) in [6.07, 6.45) is 0. The molecule has 1 fully saturated rings. The molecule has 0 aliphatic carbocycles. The van der Waals surface area contributed by atoms with E-state index >= 15 is 0 Å². The van der Waals surface area contributed by atoms with Crippen molar-refractivity contribution in [1.29, 1.82) is 0 Å². The van der Waals surface area contributed by atoms with E-state index in [1.807, 2.05) is 0 Å². The van der Waals surface area contributed by atoms with E-state index in [1.54, 1.807) is 0 Å². The topological polar surface area (TPSA) is 94.8 Å². The Morgan fingerprint density at radius 2 is 2.00 bits per heavy atom. The number of nitrogens with one attached hydrogen (secondary N) is 2. The number of carboxylic acids is 1. The Kier molecular flexibility index (Phi) is 4.53. The lowest BCUT2D eigenvalue weighted by Crippen LogP contribution is -2.46. The molecule has 3 N–H and O–H groups in total. The molecule has 1 aromatic heterocycles. The van der Waals surface area contributed by atoms with Crippen molar-refractivity contribution in [3.63, 3.8) is 0 Å². The van der Waals surface area contributed by atoms with Crippen molar-refractivity contribution in [3.05, 3.63) is 23.7 Å². The van der Waals surface area contributed by atoms with Crippen molar-refractivity contribution in [2.24, 2.45) is 0 Å². The number of amides is 1. The number of carbonyl (C=O) groups excluding carboxylic acids is 1. The largest absolute Gasteiger partial charge is 0.475 e. The third-order valence-electron chi connectivity index (χ3n) is 2.96. The van der Waals surface area contributed by atoms with Crippen LogP contribution >= 0.6 is 0 Å². The van der Waals surface area contributed by atoms with E-state index in [2.05, 4.69) is 15.5 Å². The molecule has 1 aliphatic heterocycles. The molecule has 0 unspecified atom stereocenters. The first-order valence-electron chi connectivity index (χ1n) is 6.21. The molecule has 7 heteroatoms. The number of nitrogens with zero attached hydrogens (tertiary/aromatic N) is 1. The summed E-state index contributed by atoms with van der Waals surface area (Å²) in [4.78, 5) is 24.6. The lowest BCUT2D eigenvalue weighted by molar-refractivity contribution is 0.0659. The summed E-state index contributed by atoms with van der Waals surface area (Å²) in [7, 11) is 0. The van der Waals surface area contributed by atoms with Crippen molar-refractivity contribution in [3.8, 4) is 0 Å². The maximum absolute atomic E-state index is 11.7. The summed E-state index contributed by atoms with van der Waals surface area (Å²) in [5.74, 6) is -1.77. The fourth-order valence-corrected chi connectivity index (χ4v) is 1.92. The van der Waals surface area contributed by atoms with E-state index < -0.39 is 5.97 Å². The van der Waals surface area contributed by atoms with Gasteiger partial charge >= 0.3 is 5.97 Å². The van der Waals surface area contributed by atoms with Crippen LogP contribution in [0.3, 0.4) is 0 Å². The van der Waals surface area contributed by atoms with Crippen molar-refractivity contribution in [1.82, 2.24) is 15.5 Å². The Bertz CT molecular complexity index is 452. The third-order valence-corrected chi connectivity index (χ3v) is 2.96. The van der Waals surface area contributed by atoms with Crippen LogP contribution in [0, 0.1) is 0 Å². The maximum atomic E-state index is 11.7. The molecule has 1 amide bonds. The monoisotopic (exact) mass is 267 g/mol. The zero-order valence-corrected chi connectivity index (χ0v) is 10.5. The van der Waals surface area contributed by atoms with Crippen LogP contribution in [0.2, 0.25) is 0 Å². The highest BCUT2D eigenvalue weighted by molar-refractivity contribution is 5.93. The number of carboxylic acid groups (broad SMARTS) is 1. The lowest BCUT2D eigenvalue weighted by atomic mass is 10.3. The highest BCUT2D eigenvalue weighted by Crippen LogP contribution is 2.07. The molecule has 1 saturated heterocycles. The Balaban J connectivity index is 1.75. The van der Waals surface area contributed by atoms with Crippen LogP contribution < -0.4 is 10.6 Å². The van der Waals surface area contributed by atoms with Gasteiger partial charge in [0.2, 0.25) is 5.76 Å². The van der Waals surface area contributed by atoms with Crippen molar-refractivity contribution in [2.75, 3.05) is 39.3 Å². The molecule has 0 atom stereocenters. The average molecular weight is 267 g/mol. The predicted octanol–water partition coefficient (Wildman–Crippen LogP) is -0.387. The quantitative estimate of drug-likeness (QED) is 0.673. The molecule has 0 radical (unpaired) electrons. The van der Waals surface area contributed by atoms with Crippen LogP contribution in [0.4, 0.5) is 0 Å². The molecule has 1 aromatic rings. The van der Waals surface area contributed by atoms with Gasteiger partial charge in [-0.3, -0.25) is 9.69 Å². The highest BCUT2D eigenvalue weighted by Gasteiger charge is 2.15. The Labute approximate surface area is 110 Å². The molecule has 1 aliphatic rings. The maximum Gasteiger partial charge on any atom is 0.371 e. The summed E-state index contributed by atoms with van der Waals surface area (Å²) >= 11 is 0. The SMILES string of the molecule is O=C(O)c1ccc(C(=O)NCCN2CCNCC2)o1. The van der Waals surface area contributed by atoms with Gasteiger partial charge in [-0.05, 0) is 12.1 Å². The molecule has 0 spiro atoms. The van der Waals surface area contributed by atoms with Gasteiger partial charge in [0, 0.05) is 39.3 Å². The van der Waals surface area contributed by atoms with Gasteiger partial charge in [0.15, 0.2) is 5.76 Å². The van der Waals surface area contributed by atoms with Gasteiger partial charge < -0.3 is 20.2 Å². The number of carbonyl (C=O) groups is 2. The summed E-state index contributed by atoms with van der Waals surface area (Å²) < 4.78 is 4.91. The Morgan fingerprint density at radius 1 is 1.32 bits per heavy atom. The summed E-state index contributed by atoms with van der Waals surface area (Å²) in [6, 6.07) is 2.64. The predicted molar refractivity (Wildman–Crippen MR) is 67.3 cm³/mol. The second-order valence-corrected chi connectivity index (χ2v) is 4.32. The second kappa shape index (κ2) is 6.35. The van der Waals surface area contributed by atoms with Gasteiger partial charge in [-0.2, -0.15) is 0 Å². The molecule has 2 heterocycles. The van der Waals surface area contributed by atoms with Crippen molar-refractivity contribution in [2.45, 2.75) is 0 Å². The highest BCUT2D eigenvalue weighted by atomic mass is 16.4. The number of hydrogen-bond acceptors (Lipinski definition) is 5. The third kappa shape index (κ3) is 3.80. The van der Waals surface area contributed by atoms with Crippen LogP contribution in [-0.4, -0.2) is 61.2 Å².